The smallest absolute Gasteiger partial charge is 0.270 e. The summed E-state index contributed by atoms with van der Waals surface area (Å²) in [4.78, 5) is 28.0. The van der Waals surface area contributed by atoms with Gasteiger partial charge in [0, 0.05) is 30.8 Å². The first-order chi connectivity index (χ1) is 14.3. The standard InChI is InChI=1S/C23H26N2O4S/c1-5-24(6-2)20-21(26)18-13-8-9-14-19(18)22(27)23(20)30(28,29)25(7-3)17-12-10-11-16(4)15-17/h8-15H,5-7H2,1-4H3. The van der Waals surface area contributed by atoms with Crippen molar-refractivity contribution in [1.29, 1.82) is 0 Å². The molecule has 3 rings (SSSR count). The molecule has 0 bridgehead atoms. The van der Waals surface area contributed by atoms with Gasteiger partial charge >= 0.3 is 0 Å². The highest BCUT2D eigenvalue weighted by atomic mass is 32.2. The Hall–Kier alpha value is -2.93. The van der Waals surface area contributed by atoms with Crippen LogP contribution in [-0.2, 0) is 10.0 Å². The molecule has 0 amide bonds. The summed E-state index contributed by atoms with van der Waals surface area (Å²) in [5.74, 6) is -1.08. The minimum atomic E-state index is -4.28. The Morgan fingerprint density at radius 3 is 1.93 bits per heavy atom. The molecule has 0 saturated carbocycles. The van der Waals surface area contributed by atoms with Gasteiger partial charge in [-0.2, -0.15) is 0 Å². The number of fused-ring (bicyclic) bond motifs is 1. The van der Waals surface area contributed by atoms with E-state index >= 15 is 0 Å². The number of Topliss-reactive ketones (excluding diaryl/α,β-unsaturated/α-hetero) is 2. The third-order valence-corrected chi connectivity index (χ3v) is 7.20. The number of rotatable bonds is 7. The molecular weight excluding hydrogens is 400 g/mol. The van der Waals surface area contributed by atoms with E-state index in [0.717, 1.165) is 5.56 Å². The monoisotopic (exact) mass is 426 g/mol. The molecular formula is C23H26N2O4S. The van der Waals surface area contributed by atoms with E-state index in [1.165, 1.54) is 10.4 Å². The normalized spacial score (nSPS) is 14.0. The van der Waals surface area contributed by atoms with E-state index in [1.807, 2.05) is 26.8 Å². The van der Waals surface area contributed by atoms with Crippen molar-refractivity contribution in [1.82, 2.24) is 4.90 Å². The molecule has 0 saturated heterocycles. The minimum Gasteiger partial charge on any atom is -0.368 e. The summed E-state index contributed by atoms with van der Waals surface area (Å²) >= 11 is 0. The van der Waals surface area contributed by atoms with Crippen LogP contribution in [0, 0.1) is 6.92 Å². The molecule has 0 fully saturated rings. The molecule has 0 N–H and O–H groups in total. The van der Waals surface area contributed by atoms with Crippen LogP contribution in [0.25, 0.3) is 0 Å². The topological polar surface area (TPSA) is 74.8 Å². The van der Waals surface area contributed by atoms with E-state index in [-0.39, 0.29) is 23.4 Å². The van der Waals surface area contributed by atoms with Crippen LogP contribution in [-0.4, -0.2) is 44.5 Å². The third-order valence-electron chi connectivity index (χ3n) is 5.26. The van der Waals surface area contributed by atoms with E-state index < -0.39 is 26.5 Å². The highest BCUT2D eigenvalue weighted by Gasteiger charge is 2.43. The Balaban J connectivity index is 2.30. The number of likely N-dealkylation sites (N-methyl/N-ethyl adjacent to an activating group) is 1. The van der Waals surface area contributed by atoms with Crippen molar-refractivity contribution in [2.75, 3.05) is 23.9 Å². The maximum absolute atomic E-state index is 13.8. The highest BCUT2D eigenvalue weighted by Crippen LogP contribution is 2.34. The van der Waals surface area contributed by atoms with E-state index in [4.69, 9.17) is 0 Å². The average Bonchev–Trinajstić information content (AvgIpc) is 2.72. The van der Waals surface area contributed by atoms with E-state index in [1.54, 1.807) is 48.2 Å². The minimum absolute atomic E-state index is 0.0465. The van der Waals surface area contributed by atoms with Crippen molar-refractivity contribution in [2.24, 2.45) is 0 Å². The fourth-order valence-corrected chi connectivity index (χ4v) is 5.55. The Morgan fingerprint density at radius 1 is 0.800 bits per heavy atom. The van der Waals surface area contributed by atoms with Gasteiger partial charge in [-0.05, 0) is 45.4 Å². The van der Waals surface area contributed by atoms with Gasteiger partial charge < -0.3 is 4.90 Å². The lowest BCUT2D eigenvalue weighted by atomic mass is 9.92. The second-order valence-corrected chi connectivity index (χ2v) is 8.86. The highest BCUT2D eigenvalue weighted by molar-refractivity contribution is 7.97. The van der Waals surface area contributed by atoms with Crippen LogP contribution in [0.15, 0.2) is 59.1 Å². The quantitative estimate of drug-likeness (QED) is 0.674. The lowest BCUT2D eigenvalue weighted by Crippen LogP contribution is -2.41. The number of hydrogen-bond donors (Lipinski definition) is 0. The number of anilines is 1. The molecule has 0 atom stereocenters. The molecule has 7 heteroatoms. The zero-order chi connectivity index (χ0) is 22.1. The molecule has 2 aromatic carbocycles. The van der Waals surface area contributed by atoms with Crippen LogP contribution in [0.2, 0.25) is 0 Å². The maximum Gasteiger partial charge on any atom is 0.270 e. The second kappa shape index (κ2) is 8.44. The molecule has 0 aromatic heterocycles. The largest absolute Gasteiger partial charge is 0.368 e. The number of benzene rings is 2. The molecule has 1 aliphatic rings. The molecule has 0 radical (unpaired) electrons. The first-order valence-electron chi connectivity index (χ1n) is 10.0. The SMILES string of the molecule is CCN(CC)C1=C(S(=O)(=O)N(CC)c2cccc(C)c2)C(=O)c2ccccc2C1=O. The van der Waals surface area contributed by atoms with Gasteiger partial charge in [-0.1, -0.05) is 36.4 Å². The second-order valence-electron chi connectivity index (χ2n) is 7.06. The van der Waals surface area contributed by atoms with Gasteiger partial charge in [0.2, 0.25) is 11.6 Å². The summed E-state index contributed by atoms with van der Waals surface area (Å²) in [6.07, 6.45) is 0. The third kappa shape index (κ3) is 3.54. The number of carbonyl (C=O) groups is 2. The van der Waals surface area contributed by atoms with Gasteiger partial charge in [0.05, 0.1) is 5.69 Å². The predicted molar refractivity (Wildman–Crippen MR) is 118 cm³/mol. The van der Waals surface area contributed by atoms with Crippen LogP contribution in [0.3, 0.4) is 0 Å². The van der Waals surface area contributed by atoms with Crippen molar-refractivity contribution >= 4 is 27.3 Å². The molecule has 0 spiro atoms. The maximum atomic E-state index is 13.8. The van der Waals surface area contributed by atoms with Gasteiger partial charge in [0.25, 0.3) is 10.0 Å². The van der Waals surface area contributed by atoms with Crippen LogP contribution >= 0.6 is 0 Å². The predicted octanol–water partition coefficient (Wildman–Crippen LogP) is 3.78. The summed E-state index contributed by atoms with van der Waals surface area (Å²) < 4.78 is 28.8. The first kappa shape index (κ1) is 21.8. The molecule has 0 aliphatic heterocycles. The van der Waals surface area contributed by atoms with E-state index in [2.05, 4.69) is 0 Å². The van der Waals surface area contributed by atoms with E-state index in [9.17, 15) is 18.0 Å². The Kier molecular flexibility index (Phi) is 6.12. The van der Waals surface area contributed by atoms with Gasteiger partial charge in [0.15, 0.2) is 4.91 Å². The lowest BCUT2D eigenvalue weighted by Gasteiger charge is -2.32. The number of aryl methyl sites for hydroxylation is 1. The zero-order valence-corrected chi connectivity index (χ0v) is 18.5. The fraction of sp³-hybridized carbons (Fsp3) is 0.304. The van der Waals surface area contributed by atoms with Gasteiger partial charge in [-0.3, -0.25) is 13.9 Å². The number of allylic oxidation sites excluding steroid dienone is 2. The number of carbonyl (C=O) groups excluding carboxylic acids is 2. The van der Waals surface area contributed by atoms with Crippen molar-refractivity contribution in [2.45, 2.75) is 27.7 Å². The summed E-state index contributed by atoms with van der Waals surface area (Å²) in [5.41, 5.74) is 1.67. The van der Waals surface area contributed by atoms with Crippen LogP contribution in [0.5, 0.6) is 0 Å². The van der Waals surface area contributed by atoms with E-state index in [0.29, 0.717) is 18.8 Å². The lowest BCUT2D eigenvalue weighted by molar-refractivity contribution is 0.0949. The molecule has 0 heterocycles. The molecule has 1 aliphatic carbocycles. The molecule has 2 aromatic rings. The molecule has 158 valence electrons. The van der Waals surface area contributed by atoms with Crippen molar-refractivity contribution in [3.05, 3.63) is 75.8 Å². The van der Waals surface area contributed by atoms with Crippen LogP contribution in [0.1, 0.15) is 47.1 Å². The Morgan fingerprint density at radius 2 is 1.40 bits per heavy atom. The van der Waals surface area contributed by atoms with Crippen molar-refractivity contribution in [3.63, 3.8) is 0 Å². The summed E-state index contributed by atoms with van der Waals surface area (Å²) in [5, 5.41) is 0. The summed E-state index contributed by atoms with van der Waals surface area (Å²) in [7, 11) is -4.28. The van der Waals surface area contributed by atoms with Crippen LogP contribution < -0.4 is 4.31 Å². The Labute approximate surface area is 177 Å². The Bertz CT molecular complexity index is 1130. The number of sulfonamides is 1. The number of nitrogens with zero attached hydrogens (tertiary/aromatic N) is 2. The first-order valence-corrected chi connectivity index (χ1v) is 11.5. The molecule has 6 nitrogen and oxygen atoms in total. The van der Waals surface area contributed by atoms with Gasteiger partial charge in [0.1, 0.15) is 5.70 Å². The fourth-order valence-electron chi connectivity index (χ4n) is 3.79. The average molecular weight is 427 g/mol. The molecule has 0 unspecified atom stereocenters. The number of ketones is 2. The molecule has 30 heavy (non-hydrogen) atoms. The van der Waals surface area contributed by atoms with Crippen LogP contribution in [0.4, 0.5) is 5.69 Å². The number of hydrogen-bond acceptors (Lipinski definition) is 5. The van der Waals surface area contributed by atoms with Gasteiger partial charge in [-0.25, -0.2) is 8.42 Å². The summed E-state index contributed by atoms with van der Waals surface area (Å²) in [6, 6.07) is 13.5. The zero-order valence-electron chi connectivity index (χ0n) is 17.7. The van der Waals surface area contributed by atoms with Gasteiger partial charge in [-0.15, -0.1) is 0 Å². The summed E-state index contributed by atoms with van der Waals surface area (Å²) in [6.45, 7) is 8.18. The van der Waals surface area contributed by atoms with Crippen molar-refractivity contribution < 1.29 is 18.0 Å². The van der Waals surface area contributed by atoms with Crippen molar-refractivity contribution in [3.8, 4) is 0 Å².